The molecule has 3 heterocycles. The van der Waals surface area contributed by atoms with Crippen LogP contribution in [0.4, 0.5) is 0 Å². The van der Waals surface area contributed by atoms with Crippen molar-refractivity contribution in [1.29, 1.82) is 0 Å². The molecule has 1 aromatic rings. The number of aliphatic hydroxyl groups excluding tert-OH is 2. The van der Waals surface area contributed by atoms with Gasteiger partial charge in [0.1, 0.15) is 0 Å². The molecule has 0 radical (unpaired) electrons. The fraction of sp³-hybridized carbons (Fsp3) is 0.762. The topological polar surface area (TPSA) is 105 Å². The van der Waals surface area contributed by atoms with Crippen molar-refractivity contribution in [3.63, 3.8) is 0 Å². The highest BCUT2D eigenvalue weighted by Crippen LogP contribution is 2.36. The van der Waals surface area contributed by atoms with E-state index in [2.05, 4.69) is 9.97 Å². The van der Waals surface area contributed by atoms with Crippen LogP contribution >= 0.6 is 11.8 Å². The third-order valence-electron chi connectivity index (χ3n) is 6.45. The second kappa shape index (κ2) is 10.2. The van der Waals surface area contributed by atoms with Gasteiger partial charge in [-0.3, -0.25) is 4.79 Å². The van der Waals surface area contributed by atoms with E-state index in [0.717, 1.165) is 43.3 Å². The second-order valence-electron chi connectivity index (χ2n) is 9.26. The van der Waals surface area contributed by atoms with Gasteiger partial charge < -0.3 is 24.4 Å². The zero-order valence-corrected chi connectivity index (χ0v) is 19.7. The standard InChI is InChI=1S/C21H34BN3O5S/c1-20(2)21(3,4)30-22(29-20)15-12-23-19(24-13-15)31-11-7-9-16-8-5-6-10-25(16)18(28)17(27)14-26/h12-13,16-17,26-27H,5-11,14H2,1-4H3/t16-,17-/m0/s1. The van der Waals surface area contributed by atoms with Gasteiger partial charge in [0.2, 0.25) is 0 Å². The van der Waals surface area contributed by atoms with Gasteiger partial charge in [-0.25, -0.2) is 9.97 Å². The van der Waals surface area contributed by atoms with E-state index < -0.39 is 31.0 Å². The molecule has 0 unspecified atom stereocenters. The molecule has 2 fully saturated rings. The molecule has 2 N–H and O–H groups in total. The van der Waals surface area contributed by atoms with Gasteiger partial charge in [-0.2, -0.15) is 0 Å². The molecule has 172 valence electrons. The first-order valence-electron chi connectivity index (χ1n) is 11.0. The molecule has 1 aromatic heterocycles. The summed E-state index contributed by atoms with van der Waals surface area (Å²) in [7, 11) is -0.465. The first-order valence-corrected chi connectivity index (χ1v) is 12.0. The normalized spacial score (nSPS) is 23.7. The summed E-state index contributed by atoms with van der Waals surface area (Å²) in [4.78, 5) is 22.9. The van der Waals surface area contributed by atoms with Crippen LogP contribution in [0.3, 0.4) is 0 Å². The summed E-state index contributed by atoms with van der Waals surface area (Å²) >= 11 is 1.58. The highest BCUT2D eigenvalue weighted by molar-refractivity contribution is 7.99. The van der Waals surface area contributed by atoms with Crippen LogP contribution in [0, 0.1) is 0 Å². The number of aromatic nitrogens is 2. The molecule has 0 aromatic carbocycles. The van der Waals surface area contributed by atoms with Gasteiger partial charge in [-0.1, -0.05) is 11.8 Å². The summed E-state index contributed by atoms with van der Waals surface area (Å²) in [6.07, 6.45) is 6.95. The van der Waals surface area contributed by atoms with Crippen LogP contribution in [0.25, 0.3) is 0 Å². The lowest BCUT2D eigenvalue weighted by molar-refractivity contribution is -0.146. The fourth-order valence-electron chi connectivity index (χ4n) is 3.84. The number of aliphatic hydroxyl groups is 2. The molecular weight excluding hydrogens is 417 g/mol. The molecule has 2 saturated heterocycles. The Hall–Kier alpha value is -1.20. The summed E-state index contributed by atoms with van der Waals surface area (Å²) in [5, 5.41) is 19.5. The van der Waals surface area contributed by atoms with Crippen LogP contribution in [-0.4, -0.2) is 80.4 Å². The van der Waals surface area contributed by atoms with Crippen molar-refractivity contribution in [3.8, 4) is 0 Å². The Labute approximate surface area is 189 Å². The maximum atomic E-state index is 12.3. The number of piperidine rings is 1. The Morgan fingerprint density at radius 2 is 1.90 bits per heavy atom. The van der Waals surface area contributed by atoms with E-state index in [4.69, 9.17) is 14.4 Å². The number of nitrogens with zero attached hydrogens (tertiary/aromatic N) is 3. The van der Waals surface area contributed by atoms with Crippen molar-refractivity contribution in [2.24, 2.45) is 0 Å². The summed E-state index contributed by atoms with van der Waals surface area (Å²) in [5.74, 6) is 0.484. The van der Waals surface area contributed by atoms with E-state index in [1.165, 1.54) is 0 Å². The Morgan fingerprint density at radius 3 is 2.52 bits per heavy atom. The molecule has 2 aliphatic rings. The third kappa shape index (κ3) is 5.79. The van der Waals surface area contributed by atoms with Crippen molar-refractivity contribution in [2.45, 2.75) is 88.3 Å². The molecular formula is C21H34BN3O5S. The second-order valence-corrected chi connectivity index (χ2v) is 10.3. The monoisotopic (exact) mass is 451 g/mol. The van der Waals surface area contributed by atoms with Gasteiger partial charge in [-0.05, 0) is 59.8 Å². The SMILES string of the molecule is CC1(C)OB(c2cnc(SCCC[C@@H]3CCCCN3C(=O)[C@@H](O)CO)nc2)OC1(C)C. The van der Waals surface area contributed by atoms with Gasteiger partial charge in [-0.15, -0.1) is 0 Å². The number of hydrogen-bond acceptors (Lipinski definition) is 8. The molecule has 3 rings (SSSR count). The van der Waals surface area contributed by atoms with Crippen LogP contribution < -0.4 is 5.46 Å². The zero-order chi connectivity index (χ0) is 22.6. The Kier molecular flexibility index (Phi) is 8.02. The maximum absolute atomic E-state index is 12.3. The van der Waals surface area contributed by atoms with Crippen molar-refractivity contribution >= 4 is 30.3 Å². The summed E-state index contributed by atoms with van der Waals surface area (Å²) in [6, 6.07) is 0.120. The van der Waals surface area contributed by atoms with Crippen LogP contribution in [0.5, 0.6) is 0 Å². The lowest BCUT2D eigenvalue weighted by Gasteiger charge is -2.36. The van der Waals surface area contributed by atoms with Crippen LogP contribution in [0.2, 0.25) is 0 Å². The molecule has 2 aliphatic heterocycles. The predicted octanol–water partition coefficient (Wildman–Crippen LogP) is 1.38. The van der Waals surface area contributed by atoms with Gasteiger partial charge >= 0.3 is 7.12 Å². The fourth-order valence-corrected chi connectivity index (χ4v) is 4.59. The highest BCUT2D eigenvalue weighted by atomic mass is 32.2. The average molecular weight is 451 g/mol. The molecule has 8 nitrogen and oxygen atoms in total. The minimum atomic E-state index is -1.31. The smallest absolute Gasteiger partial charge is 0.399 e. The van der Waals surface area contributed by atoms with Gasteiger partial charge in [0.15, 0.2) is 11.3 Å². The molecule has 2 atom stereocenters. The largest absolute Gasteiger partial charge is 0.498 e. The Bertz CT molecular complexity index is 733. The van der Waals surface area contributed by atoms with Crippen molar-refractivity contribution in [1.82, 2.24) is 14.9 Å². The van der Waals surface area contributed by atoms with E-state index >= 15 is 0 Å². The van der Waals surface area contributed by atoms with Crippen LogP contribution in [-0.2, 0) is 14.1 Å². The number of amides is 1. The molecule has 10 heteroatoms. The number of thioether (sulfide) groups is 1. The summed E-state index contributed by atoms with van der Waals surface area (Å²) in [6.45, 7) is 8.19. The van der Waals surface area contributed by atoms with Crippen molar-refractivity contribution in [2.75, 3.05) is 18.9 Å². The number of rotatable bonds is 8. The van der Waals surface area contributed by atoms with E-state index in [9.17, 15) is 9.90 Å². The molecule has 1 amide bonds. The van der Waals surface area contributed by atoms with Gasteiger partial charge in [0.05, 0.1) is 17.8 Å². The van der Waals surface area contributed by atoms with E-state index in [1.54, 1.807) is 29.1 Å². The predicted molar refractivity (Wildman–Crippen MR) is 120 cm³/mol. The molecule has 0 spiro atoms. The Balaban J connectivity index is 1.46. The molecule has 0 bridgehead atoms. The minimum Gasteiger partial charge on any atom is -0.399 e. The Morgan fingerprint density at radius 1 is 1.26 bits per heavy atom. The minimum absolute atomic E-state index is 0.120. The zero-order valence-electron chi connectivity index (χ0n) is 18.9. The first kappa shape index (κ1) is 24.4. The van der Waals surface area contributed by atoms with Gasteiger partial charge in [0.25, 0.3) is 5.91 Å². The van der Waals surface area contributed by atoms with Crippen molar-refractivity contribution in [3.05, 3.63) is 12.4 Å². The van der Waals surface area contributed by atoms with E-state index in [0.29, 0.717) is 11.7 Å². The average Bonchev–Trinajstić information content (AvgIpc) is 2.97. The number of carbonyl (C=O) groups excluding carboxylic acids is 1. The number of carbonyl (C=O) groups is 1. The molecule has 0 saturated carbocycles. The molecule has 31 heavy (non-hydrogen) atoms. The van der Waals surface area contributed by atoms with E-state index in [-0.39, 0.29) is 11.9 Å². The highest BCUT2D eigenvalue weighted by Gasteiger charge is 2.51. The summed E-state index contributed by atoms with van der Waals surface area (Å²) < 4.78 is 12.1. The van der Waals surface area contributed by atoms with Crippen molar-refractivity contribution < 1.29 is 24.3 Å². The summed E-state index contributed by atoms with van der Waals surface area (Å²) in [5.41, 5.74) is 0.0149. The third-order valence-corrected chi connectivity index (χ3v) is 7.42. The van der Waals surface area contributed by atoms with E-state index in [1.807, 2.05) is 27.7 Å². The van der Waals surface area contributed by atoms with Crippen LogP contribution in [0.1, 0.15) is 59.8 Å². The lowest BCUT2D eigenvalue weighted by Crippen LogP contribution is -2.49. The van der Waals surface area contributed by atoms with Gasteiger partial charge in [0, 0.05) is 36.2 Å². The molecule has 0 aliphatic carbocycles. The number of hydrogen-bond donors (Lipinski definition) is 2. The first-order chi connectivity index (χ1) is 14.6. The number of likely N-dealkylation sites (tertiary alicyclic amines) is 1. The quantitative estimate of drug-likeness (QED) is 0.264. The van der Waals surface area contributed by atoms with Crippen LogP contribution in [0.15, 0.2) is 17.6 Å². The maximum Gasteiger partial charge on any atom is 0.498 e. The lowest BCUT2D eigenvalue weighted by atomic mass is 9.81.